The zero-order valence-corrected chi connectivity index (χ0v) is 14.8. The van der Waals surface area contributed by atoms with Crippen LogP contribution in [0.4, 0.5) is 4.39 Å². The maximum absolute atomic E-state index is 13.5. The molecular weight excluding hydrogens is 345 g/mol. The molecule has 0 aliphatic heterocycles. The number of rotatable bonds is 7. The van der Waals surface area contributed by atoms with Crippen molar-refractivity contribution in [2.24, 2.45) is 0 Å². The molecule has 4 nitrogen and oxygen atoms in total. The minimum atomic E-state index is -0.462. The molecule has 1 N–H and O–H groups in total. The molecule has 0 radical (unpaired) electrons. The fraction of sp³-hybridized carbons (Fsp3) is 0.182. The molecule has 0 aromatic heterocycles. The number of hydrogen-bond donors (Lipinski definition) is 1. The first-order chi connectivity index (χ1) is 13.1. The van der Waals surface area contributed by atoms with Crippen LogP contribution in [0, 0.1) is 5.82 Å². The van der Waals surface area contributed by atoms with Gasteiger partial charge in [0, 0.05) is 6.54 Å². The number of amides is 1. The van der Waals surface area contributed by atoms with Crippen molar-refractivity contribution < 1.29 is 18.7 Å². The van der Waals surface area contributed by atoms with Crippen LogP contribution in [0.3, 0.4) is 0 Å². The second-order valence-corrected chi connectivity index (χ2v) is 6.17. The van der Waals surface area contributed by atoms with E-state index in [4.69, 9.17) is 4.74 Å². The van der Waals surface area contributed by atoms with E-state index >= 15 is 0 Å². The van der Waals surface area contributed by atoms with Gasteiger partial charge in [-0.15, -0.1) is 0 Å². The minimum absolute atomic E-state index is 0.101. The summed E-state index contributed by atoms with van der Waals surface area (Å²) in [4.78, 5) is 23.9. The second-order valence-electron chi connectivity index (χ2n) is 6.17. The molecule has 0 saturated carbocycles. The van der Waals surface area contributed by atoms with Crippen molar-refractivity contribution in [3.05, 3.63) is 83.7 Å². The summed E-state index contributed by atoms with van der Waals surface area (Å²) in [6, 6.07) is 19.9. The highest BCUT2D eigenvalue weighted by molar-refractivity contribution is 5.89. The van der Waals surface area contributed by atoms with Crippen molar-refractivity contribution >= 4 is 22.6 Å². The van der Waals surface area contributed by atoms with Gasteiger partial charge in [-0.05, 0) is 34.4 Å². The Morgan fingerprint density at radius 3 is 2.44 bits per heavy atom. The largest absolute Gasteiger partial charge is 0.455 e. The Morgan fingerprint density at radius 2 is 1.59 bits per heavy atom. The Kier molecular flexibility index (Phi) is 6.15. The van der Waals surface area contributed by atoms with Gasteiger partial charge in [0.2, 0.25) is 0 Å². The number of ether oxygens (including phenoxy) is 1. The SMILES string of the molecule is O=C(COC(=O)Cc1cccc2ccccc12)NCCc1ccccc1F. The van der Waals surface area contributed by atoms with Gasteiger partial charge < -0.3 is 10.1 Å². The number of hydrogen-bond acceptors (Lipinski definition) is 3. The number of carbonyl (C=O) groups is 2. The van der Waals surface area contributed by atoms with Gasteiger partial charge in [-0.1, -0.05) is 60.7 Å². The first-order valence-electron chi connectivity index (χ1n) is 8.76. The summed E-state index contributed by atoms with van der Waals surface area (Å²) in [5.74, 6) is -1.17. The van der Waals surface area contributed by atoms with Crippen LogP contribution in [0.15, 0.2) is 66.7 Å². The van der Waals surface area contributed by atoms with Crippen LogP contribution >= 0.6 is 0 Å². The van der Waals surface area contributed by atoms with Crippen LogP contribution in [0.5, 0.6) is 0 Å². The lowest BCUT2D eigenvalue weighted by Crippen LogP contribution is -2.30. The molecule has 1 amide bonds. The van der Waals surface area contributed by atoms with Crippen molar-refractivity contribution in [3.8, 4) is 0 Å². The first kappa shape index (κ1) is 18.6. The van der Waals surface area contributed by atoms with Crippen LogP contribution in [0.25, 0.3) is 10.8 Å². The third kappa shape index (κ3) is 5.14. The van der Waals surface area contributed by atoms with Gasteiger partial charge in [-0.25, -0.2) is 4.39 Å². The molecule has 5 heteroatoms. The van der Waals surface area contributed by atoms with Crippen molar-refractivity contribution in [2.75, 3.05) is 13.2 Å². The Morgan fingerprint density at radius 1 is 0.889 bits per heavy atom. The second kappa shape index (κ2) is 8.94. The lowest BCUT2D eigenvalue weighted by atomic mass is 10.0. The molecule has 0 aliphatic rings. The monoisotopic (exact) mass is 365 g/mol. The van der Waals surface area contributed by atoms with E-state index in [9.17, 15) is 14.0 Å². The molecule has 0 spiro atoms. The highest BCUT2D eigenvalue weighted by Crippen LogP contribution is 2.19. The molecule has 3 rings (SSSR count). The number of nitrogens with one attached hydrogen (secondary N) is 1. The van der Waals surface area contributed by atoms with Crippen LogP contribution in [-0.4, -0.2) is 25.0 Å². The van der Waals surface area contributed by atoms with E-state index in [2.05, 4.69) is 5.32 Å². The summed E-state index contributed by atoms with van der Waals surface area (Å²) in [7, 11) is 0. The number of esters is 1. The fourth-order valence-electron chi connectivity index (χ4n) is 2.89. The molecule has 0 heterocycles. The predicted molar refractivity (Wildman–Crippen MR) is 102 cm³/mol. The molecular formula is C22H20FNO3. The van der Waals surface area contributed by atoms with E-state index < -0.39 is 11.9 Å². The first-order valence-corrected chi connectivity index (χ1v) is 8.76. The summed E-state index contributed by atoms with van der Waals surface area (Å²) in [5.41, 5.74) is 1.39. The molecule has 138 valence electrons. The van der Waals surface area contributed by atoms with Crippen LogP contribution in [-0.2, 0) is 27.2 Å². The zero-order chi connectivity index (χ0) is 19.1. The topological polar surface area (TPSA) is 55.4 Å². The van der Waals surface area contributed by atoms with Gasteiger partial charge in [-0.3, -0.25) is 9.59 Å². The third-order valence-corrected chi connectivity index (χ3v) is 4.25. The molecule has 0 atom stereocenters. The molecule has 0 fully saturated rings. The summed E-state index contributed by atoms with van der Waals surface area (Å²) in [5, 5.41) is 4.67. The molecule has 0 bridgehead atoms. The smallest absolute Gasteiger partial charge is 0.310 e. The minimum Gasteiger partial charge on any atom is -0.455 e. The van der Waals surface area contributed by atoms with Crippen LogP contribution < -0.4 is 5.32 Å². The van der Waals surface area contributed by atoms with Crippen molar-refractivity contribution in [3.63, 3.8) is 0 Å². The van der Waals surface area contributed by atoms with Gasteiger partial charge in [-0.2, -0.15) is 0 Å². The van der Waals surface area contributed by atoms with E-state index in [0.29, 0.717) is 12.0 Å². The van der Waals surface area contributed by atoms with E-state index in [1.54, 1.807) is 18.2 Å². The molecule has 0 saturated heterocycles. The Labute approximate surface area is 157 Å². The molecule has 0 aliphatic carbocycles. The molecule has 27 heavy (non-hydrogen) atoms. The van der Waals surface area contributed by atoms with Gasteiger partial charge in [0.25, 0.3) is 5.91 Å². The highest BCUT2D eigenvalue weighted by atomic mass is 19.1. The maximum atomic E-state index is 13.5. The summed E-state index contributed by atoms with van der Waals surface area (Å²) in [6.07, 6.45) is 0.478. The van der Waals surface area contributed by atoms with E-state index in [0.717, 1.165) is 16.3 Å². The number of benzene rings is 3. The number of fused-ring (bicyclic) bond motifs is 1. The zero-order valence-electron chi connectivity index (χ0n) is 14.8. The fourth-order valence-corrected chi connectivity index (χ4v) is 2.89. The normalized spacial score (nSPS) is 10.6. The maximum Gasteiger partial charge on any atom is 0.310 e. The average Bonchev–Trinajstić information content (AvgIpc) is 2.68. The quantitative estimate of drug-likeness (QED) is 0.653. The van der Waals surface area contributed by atoms with Crippen molar-refractivity contribution in [1.82, 2.24) is 5.32 Å². The predicted octanol–water partition coefficient (Wildman–Crippen LogP) is 3.42. The van der Waals surface area contributed by atoms with Crippen molar-refractivity contribution in [2.45, 2.75) is 12.8 Å². The lowest BCUT2D eigenvalue weighted by molar-refractivity contribution is -0.147. The number of halogens is 1. The Bertz CT molecular complexity index is 950. The highest BCUT2D eigenvalue weighted by Gasteiger charge is 2.10. The average molecular weight is 365 g/mol. The van der Waals surface area contributed by atoms with Crippen LogP contribution in [0.1, 0.15) is 11.1 Å². The van der Waals surface area contributed by atoms with E-state index in [-0.39, 0.29) is 25.4 Å². The summed E-state index contributed by atoms with van der Waals surface area (Å²) >= 11 is 0. The van der Waals surface area contributed by atoms with Gasteiger partial charge >= 0.3 is 5.97 Å². The lowest BCUT2D eigenvalue weighted by Gasteiger charge is -2.08. The van der Waals surface area contributed by atoms with E-state index in [1.807, 2.05) is 42.5 Å². The van der Waals surface area contributed by atoms with E-state index in [1.165, 1.54) is 6.07 Å². The number of carbonyl (C=O) groups excluding carboxylic acids is 2. The Balaban J connectivity index is 1.44. The Hall–Kier alpha value is -3.21. The summed E-state index contributed by atoms with van der Waals surface area (Å²) in [6.45, 7) is -0.0679. The van der Waals surface area contributed by atoms with Gasteiger partial charge in [0.05, 0.1) is 6.42 Å². The molecule has 0 unspecified atom stereocenters. The van der Waals surface area contributed by atoms with Crippen molar-refractivity contribution in [1.29, 1.82) is 0 Å². The standard InChI is InChI=1S/C22H20FNO3/c23-20-11-4-2-7-17(20)12-13-24-21(25)15-27-22(26)14-18-9-5-8-16-6-1-3-10-19(16)18/h1-11H,12-15H2,(H,24,25). The molecule has 3 aromatic carbocycles. The van der Waals surface area contributed by atoms with Gasteiger partial charge in [0.15, 0.2) is 6.61 Å². The molecule has 3 aromatic rings. The van der Waals surface area contributed by atoms with Crippen LogP contribution in [0.2, 0.25) is 0 Å². The third-order valence-electron chi connectivity index (χ3n) is 4.25. The summed E-state index contributed by atoms with van der Waals surface area (Å²) < 4.78 is 18.6. The van der Waals surface area contributed by atoms with Gasteiger partial charge in [0.1, 0.15) is 5.82 Å².